The van der Waals surface area contributed by atoms with E-state index >= 15 is 0 Å². The van der Waals surface area contributed by atoms with E-state index in [0.717, 1.165) is 11.8 Å². The van der Waals surface area contributed by atoms with Crippen molar-refractivity contribution in [2.75, 3.05) is 11.1 Å². The Morgan fingerprint density at radius 2 is 2.26 bits per heavy atom. The SMILES string of the molecule is C[C@H](Sc1n[nH]c(N)n1)C(=O)Nc1ccc(OC(F)F)c(Cl)c1. The van der Waals surface area contributed by atoms with Gasteiger partial charge in [-0.3, -0.25) is 4.79 Å². The summed E-state index contributed by atoms with van der Waals surface area (Å²) in [5.74, 6) is -0.350. The first-order valence-electron chi connectivity index (χ1n) is 6.25. The molecule has 1 atom stereocenters. The average Bonchev–Trinajstić information content (AvgIpc) is 2.86. The molecule has 1 aromatic heterocycles. The topological polar surface area (TPSA) is 106 Å². The van der Waals surface area contributed by atoms with Crippen molar-refractivity contribution < 1.29 is 18.3 Å². The number of ether oxygens (including phenoxy) is 1. The van der Waals surface area contributed by atoms with Gasteiger partial charge in [0.05, 0.1) is 10.3 Å². The molecular formula is C12H12ClF2N5O2S. The van der Waals surface area contributed by atoms with Crippen LogP contribution in [0.5, 0.6) is 5.75 Å². The fraction of sp³-hybridized carbons (Fsp3) is 0.250. The van der Waals surface area contributed by atoms with Crippen molar-refractivity contribution >= 4 is 40.9 Å². The Labute approximate surface area is 138 Å². The minimum atomic E-state index is -2.97. The normalized spacial score (nSPS) is 12.2. The van der Waals surface area contributed by atoms with E-state index in [2.05, 4.69) is 25.2 Å². The lowest BCUT2D eigenvalue weighted by molar-refractivity contribution is -0.115. The van der Waals surface area contributed by atoms with Gasteiger partial charge in [0, 0.05) is 5.69 Å². The quantitative estimate of drug-likeness (QED) is 0.681. The maximum absolute atomic E-state index is 12.1. The number of amides is 1. The maximum Gasteiger partial charge on any atom is 0.387 e. The number of carbonyl (C=O) groups is 1. The molecular weight excluding hydrogens is 352 g/mol. The third-order valence-electron chi connectivity index (χ3n) is 2.55. The molecule has 1 amide bonds. The Bertz CT molecular complexity index is 700. The number of rotatable bonds is 6. The summed E-state index contributed by atoms with van der Waals surface area (Å²) in [5.41, 5.74) is 5.75. The highest BCUT2D eigenvalue weighted by molar-refractivity contribution is 8.00. The lowest BCUT2D eigenvalue weighted by Gasteiger charge is -2.12. The molecule has 0 unspecified atom stereocenters. The number of benzene rings is 1. The number of thioether (sulfide) groups is 1. The van der Waals surface area contributed by atoms with Crippen molar-refractivity contribution in [2.45, 2.75) is 23.9 Å². The number of carbonyl (C=O) groups excluding carboxylic acids is 1. The highest BCUT2D eigenvalue weighted by Gasteiger charge is 2.18. The van der Waals surface area contributed by atoms with E-state index in [0.29, 0.717) is 10.8 Å². The monoisotopic (exact) mass is 363 g/mol. The van der Waals surface area contributed by atoms with Gasteiger partial charge < -0.3 is 15.8 Å². The zero-order valence-corrected chi connectivity index (χ0v) is 13.3. The van der Waals surface area contributed by atoms with Gasteiger partial charge in [0.1, 0.15) is 5.75 Å². The van der Waals surface area contributed by atoms with Crippen LogP contribution >= 0.6 is 23.4 Å². The van der Waals surface area contributed by atoms with Gasteiger partial charge >= 0.3 is 6.61 Å². The number of nitrogens with two attached hydrogens (primary N) is 1. The molecule has 0 fully saturated rings. The Morgan fingerprint density at radius 3 is 2.83 bits per heavy atom. The minimum absolute atomic E-state index is 0.0369. The number of nitrogens with one attached hydrogen (secondary N) is 2. The molecule has 0 spiro atoms. The Hall–Kier alpha value is -2.07. The van der Waals surface area contributed by atoms with Crippen molar-refractivity contribution in [2.24, 2.45) is 0 Å². The molecule has 0 aliphatic rings. The summed E-state index contributed by atoms with van der Waals surface area (Å²) in [6.45, 7) is -1.32. The summed E-state index contributed by atoms with van der Waals surface area (Å²) in [5, 5.41) is 8.67. The van der Waals surface area contributed by atoms with Gasteiger partial charge in [0.2, 0.25) is 17.0 Å². The molecule has 0 aliphatic heterocycles. The second-order valence-corrected chi connectivity index (χ2v) is 5.99. The molecule has 0 aliphatic carbocycles. The van der Waals surface area contributed by atoms with Crippen LogP contribution in [0.15, 0.2) is 23.4 Å². The number of aromatic amines is 1. The lowest BCUT2D eigenvalue weighted by Crippen LogP contribution is -2.22. The molecule has 11 heteroatoms. The van der Waals surface area contributed by atoms with Crippen LogP contribution in [0.2, 0.25) is 5.02 Å². The van der Waals surface area contributed by atoms with E-state index in [4.69, 9.17) is 17.3 Å². The van der Waals surface area contributed by atoms with E-state index in [1.807, 2.05) is 0 Å². The number of hydrogen-bond acceptors (Lipinski definition) is 6. The molecule has 1 aromatic carbocycles. The van der Waals surface area contributed by atoms with Gasteiger partial charge in [0.15, 0.2) is 0 Å². The number of halogens is 3. The van der Waals surface area contributed by atoms with Crippen LogP contribution in [0.25, 0.3) is 0 Å². The molecule has 1 heterocycles. The first kappa shape index (κ1) is 17.3. The van der Waals surface area contributed by atoms with E-state index in [1.54, 1.807) is 6.92 Å². The molecule has 2 aromatic rings. The zero-order valence-electron chi connectivity index (χ0n) is 11.7. The van der Waals surface area contributed by atoms with Gasteiger partial charge in [-0.15, -0.1) is 5.10 Å². The molecule has 2 rings (SSSR count). The number of H-pyrrole nitrogens is 1. The first-order chi connectivity index (χ1) is 10.8. The second-order valence-electron chi connectivity index (χ2n) is 4.28. The van der Waals surface area contributed by atoms with Gasteiger partial charge in [0.25, 0.3) is 0 Å². The highest BCUT2D eigenvalue weighted by Crippen LogP contribution is 2.29. The Kier molecular flexibility index (Phi) is 5.61. The van der Waals surface area contributed by atoms with Crippen molar-refractivity contribution in [3.05, 3.63) is 23.2 Å². The van der Waals surface area contributed by atoms with Crippen LogP contribution < -0.4 is 15.8 Å². The van der Waals surface area contributed by atoms with Crippen LogP contribution in [0.3, 0.4) is 0 Å². The van der Waals surface area contributed by atoms with E-state index < -0.39 is 11.9 Å². The molecule has 23 heavy (non-hydrogen) atoms. The summed E-state index contributed by atoms with van der Waals surface area (Å²) in [7, 11) is 0. The maximum atomic E-state index is 12.1. The van der Waals surface area contributed by atoms with Crippen LogP contribution in [-0.2, 0) is 4.79 Å². The van der Waals surface area contributed by atoms with Gasteiger partial charge in [-0.2, -0.15) is 13.8 Å². The van der Waals surface area contributed by atoms with E-state index in [9.17, 15) is 13.6 Å². The molecule has 4 N–H and O–H groups in total. The van der Waals surface area contributed by atoms with Crippen molar-refractivity contribution in [3.63, 3.8) is 0 Å². The predicted molar refractivity (Wildman–Crippen MR) is 82.8 cm³/mol. The molecule has 0 saturated heterocycles. The number of nitrogens with zero attached hydrogens (tertiary/aromatic N) is 2. The lowest BCUT2D eigenvalue weighted by atomic mass is 10.3. The Balaban J connectivity index is 1.97. The van der Waals surface area contributed by atoms with Crippen molar-refractivity contribution in [1.82, 2.24) is 15.2 Å². The summed E-state index contributed by atoms with van der Waals surface area (Å²) in [6.07, 6.45) is 0. The third kappa shape index (κ3) is 4.96. The largest absolute Gasteiger partial charge is 0.433 e. The average molecular weight is 364 g/mol. The number of anilines is 2. The smallest absolute Gasteiger partial charge is 0.387 e. The summed E-state index contributed by atoms with van der Waals surface area (Å²) < 4.78 is 28.5. The van der Waals surface area contributed by atoms with Crippen LogP contribution in [0, 0.1) is 0 Å². The molecule has 0 saturated carbocycles. The van der Waals surface area contributed by atoms with Crippen molar-refractivity contribution in [1.29, 1.82) is 0 Å². The van der Waals surface area contributed by atoms with Crippen molar-refractivity contribution in [3.8, 4) is 5.75 Å². The zero-order chi connectivity index (χ0) is 17.0. The second kappa shape index (κ2) is 7.47. The molecule has 7 nitrogen and oxygen atoms in total. The summed E-state index contributed by atoms with van der Waals surface area (Å²) in [4.78, 5) is 16.0. The number of hydrogen-bond donors (Lipinski definition) is 3. The predicted octanol–water partition coefficient (Wildman–Crippen LogP) is 2.76. The van der Waals surface area contributed by atoms with E-state index in [-0.39, 0.29) is 22.6 Å². The first-order valence-corrected chi connectivity index (χ1v) is 7.50. The minimum Gasteiger partial charge on any atom is -0.433 e. The number of alkyl halides is 2. The standard InChI is InChI=1S/C12H12ClF2N5O2S/c1-5(23-12-18-11(16)19-20-12)9(21)17-6-2-3-8(7(13)4-6)22-10(14)15/h2-5,10H,1H3,(H,17,21)(H3,16,18,19,20)/t5-/m0/s1. The number of nitrogen functional groups attached to an aromatic ring is 1. The van der Waals surface area contributed by atoms with Crippen LogP contribution in [-0.4, -0.2) is 32.9 Å². The summed E-state index contributed by atoms with van der Waals surface area (Å²) >= 11 is 6.92. The fourth-order valence-corrected chi connectivity index (χ4v) is 2.49. The van der Waals surface area contributed by atoms with Gasteiger partial charge in [-0.1, -0.05) is 23.4 Å². The van der Waals surface area contributed by atoms with Gasteiger partial charge in [-0.25, -0.2) is 5.10 Å². The molecule has 0 bridgehead atoms. The number of aromatic nitrogens is 3. The highest BCUT2D eigenvalue weighted by atomic mass is 35.5. The summed E-state index contributed by atoms with van der Waals surface area (Å²) in [6, 6.07) is 3.97. The Morgan fingerprint density at radius 1 is 1.52 bits per heavy atom. The molecule has 0 radical (unpaired) electrons. The van der Waals surface area contributed by atoms with Crippen LogP contribution in [0.4, 0.5) is 20.4 Å². The fourth-order valence-electron chi connectivity index (χ4n) is 1.54. The van der Waals surface area contributed by atoms with Gasteiger partial charge in [-0.05, 0) is 25.1 Å². The van der Waals surface area contributed by atoms with E-state index in [1.165, 1.54) is 18.2 Å². The molecule has 124 valence electrons. The van der Waals surface area contributed by atoms with Crippen LogP contribution in [0.1, 0.15) is 6.92 Å². The third-order valence-corrected chi connectivity index (χ3v) is 3.81.